The summed E-state index contributed by atoms with van der Waals surface area (Å²) in [5.41, 5.74) is 3.40. The molecule has 1 unspecified atom stereocenters. The summed E-state index contributed by atoms with van der Waals surface area (Å²) in [6.45, 7) is 4.94. The van der Waals surface area contributed by atoms with Gasteiger partial charge >= 0.3 is 0 Å². The summed E-state index contributed by atoms with van der Waals surface area (Å²) in [7, 11) is 0. The molecular weight excluding hydrogens is 204 g/mol. The average molecular weight is 226 g/mol. The van der Waals surface area contributed by atoms with Gasteiger partial charge in [-0.25, -0.2) is 0 Å². The molecule has 0 spiro atoms. The van der Waals surface area contributed by atoms with E-state index in [0.717, 1.165) is 5.92 Å². The third kappa shape index (κ3) is 1.74. The van der Waals surface area contributed by atoms with Crippen molar-refractivity contribution in [2.24, 2.45) is 11.3 Å². The first-order valence-electron chi connectivity index (χ1n) is 6.97. The van der Waals surface area contributed by atoms with Crippen LogP contribution < -0.4 is 0 Å². The maximum Gasteiger partial charge on any atom is 0.00810 e. The van der Waals surface area contributed by atoms with Gasteiger partial charge in [0.15, 0.2) is 0 Å². The molecule has 0 aliphatic heterocycles. The fourth-order valence-electron chi connectivity index (χ4n) is 3.82. The van der Waals surface area contributed by atoms with Crippen molar-refractivity contribution >= 4 is 6.08 Å². The Bertz CT molecular complexity index is 433. The monoisotopic (exact) mass is 226 g/mol. The number of allylic oxidation sites excluding steroid dienone is 1. The van der Waals surface area contributed by atoms with Crippen molar-refractivity contribution in [1.82, 2.24) is 0 Å². The number of fused-ring (bicyclic) bond motifs is 1. The van der Waals surface area contributed by atoms with Crippen molar-refractivity contribution in [3.8, 4) is 0 Å². The van der Waals surface area contributed by atoms with Crippen LogP contribution in [0.5, 0.6) is 0 Å². The van der Waals surface area contributed by atoms with Gasteiger partial charge in [-0.05, 0) is 35.3 Å². The standard InChI is InChI=1S/C17H22/c1-17(2,14-8-4-5-9-14)16-12-11-13-7-3-6-10-15(13)16/h3,6-7,10-12,14,16H,4-5,8-9H2,1-2H3. The van der Waals surface area contributed by atoms with Crippen LogP contribution in [0.3, 0.4) is 0 Å². The highest BCUT2D eigenvalue weighted by atomic mass is 14.4. The summed E-state index contributed by atoms with van der Waals surface area (Å²) < 4.78 is 0. The topological polar surface area (TPSA) is 0 Å². The smallest absolute Gasteiger partial charge is 0.00810 e. The number of hydrogen-bond acceptors (Lipinski definition) is 0. The van der Waals surface area contributed by atoms with Crippen molar-refractivity contribution in [2.75, 3.05) is 0 Å². The molecule has 0 radical (unpaired) electrons. The number of hydrogen-bond donors (Lipinski definition) is 0. The van der Waals surface area contributed by atoms with Crippen LogP contribution in [0.4, 0.5) is 0 Å². The predicted molar refractivity (Wildman–Crippen MR) is 74.0 cm³/mol. The first-order chi connectivity index (χ1) is 8.19. The van der Waals surface area contributed by atoms with E-state index in [2.05, 4.69) is 50.3 Å². The SMILES string of the molecule is CC(C)(C1CCCC1)C1C=Cc2ccccc21. The maximum atomic E-state index is 2.47. The van der Waals surface area contributed by atoms with E-state index in [4.69, 9.17) is 0 Å². The van der Waals surface area contributed by atoms with Gasteiger partial charge in [-0.2, -0.15) is 0 Å². The lowest BCUT2D eigenvalue weighted by molar-refractivity contribution is 0.192. The summed E-state index contributed by atoms with van der Waals surface area (Å²) in [5.74, 6) is 1.53. The van der Waals surface area contributed by atoms with E-state index in [0.29, 0.717) is 11.3 Å². The minimum atomic E-state index is 0.416. The van der Waals surface area contributed by atoms with Crippen LogP contribution in [0, 0.1) is 11.3 Å². The number of rotatable bonds is 2. The fourth-order valence-corrected chi connectivity index (χ4v) is 3.82. The predicted octanol–water partition coefficient (Wildman–Crippen LogP) is 5.01. The highest BCUT2D eigenvalue weighted by Gasteiger charge is 2.39. The molecule has 2 aliphatic rings. The Labute approximate surface area is 105 Å². The second-order valence-corrected chi connectivity index (χ2v) is 6.27. The molecule has 2 aliphatic carbocycles. The third-order valence-electron chi connectivity index (χ3n) is 5.01. The molecule has 1 aromatic carbocycles. The zero-order valence-electron chi connectivity index (χ0n) is 10.9. The molecule has 0 nitrogen and oxygen atoms in total. The van der Waals surface area contributed by atoms with Gasteiger partial charge in [0.1, 0.15) is 0 Å². The molecule has 90 valence electrons. The normalized spacial score (nSPS) is 24.2. The zero-order chi connectivity index (χ0) is 11.9. The first kappa shape index (κ1) is 11.1. The van der Waals surface area contributed by atoms with E-state index in [-0.39, 0.29) is 0 Å². The van der Waals surface area contributed by atoms with Gasteiger partial charge in [-0.3, -0.25) is 0 Å². The molecule has 1 fully saturated rings. The maximum absolute atomic E-state index is 2.47. The van der Waals surface area contributed by atoms with Crippen LogP contribution in [-0.4, -0.2) is 0 Å². The summed E-state index contributed by atoms with van der Waals surface area (Å²) in [6.07, 6.45) is 10.5. The van der Waals surface area contributed by atoms with Gasteiger partial charge in [-0.1, -0.05) is 63.1 Å². The largest absolute Gasteiger partial charge is 0.0758 e. The summed E-state index contributed by atoms with van der Waals surface area (Å²) in [4.78, 5) is 0. The van der Waals surface area contributed by atoms with Crippen molar-refractivity contribution in [3.63, 3.8) is 0 Å². The lowest BCUT2D eigenvalue weighted by Crippen LogP contribution is -2.28. The van der Waals surface area contributed by atoms with Crippen molar-refractivity contribution in [2.45, 2.75) is 45.4 Å². The Balaban J connectivity index is 1.93. The highest BCUT2D eigenvalue weighted by molar-refractivity contribution is 5.62. The van der Waals surface area contributed by atoms with E-state index in [1.54, 1.807) is 5.56 Å². The van der Waals surface area contributed by atoms with Gasteiger partial charge in [0.05, 0.1) is 0 Å². The second kappa shape index (κ2) is 4.01. The molecule has 0 aromatic heterocycles. The minimum Gasteiger partial charge on any atom is -0.0758 e. The Kier molecular flexibility index (Phi) is 2.61. The Hall–Kier alpha value is -1.04. The minimum absolute atomic E-state index is 0.416. The molecule has 1 atom stereocenters. The van der Waals surface area contributed by atoms with Crippen molar-refractivity contribution in [1.29, 1.82) is 0 Å². The van der Waals surface area contributed by atoms with Gasteiger partial charge in [0.2, 0.25) is 0 Å². The quantitative estimate of drug-likeness (QED) is 0.664. The molecule has 3 rings (SSSR count). The van der Waals surface area contributed by atoms with Gasteiger partial charge in [0, 0.05) is 5.92 Å². The Morgan fingerprint density at radius 1 is 1.06 bits per heavy atom. The van der Waals surface area contributed by atoms with Gasteiger partial charge < -0.3 is 0 Å². The molecule has 17 heavy (non-hydrogen) atoms. The van der Waals surface area contributed by atoms with E-state index in [1.807, 2.05) is 0 Å². The lowest BCUT2D eigenvalue weighted by Gasteiger charge is -2.37. The average Bonchev–Trinajstić information content (AvgIpc) is 2.99. The highest BCUT2D eigenvalue weighted by Crippen LogP contribution is 2.51. The van der Waals surface area contributed by atoms with Crippen LogP contribution in [0.15, 0.2) is 30.3 Å². The Morgan fingerprint density at radius 2 is 1.76 bits per heavy atom. The summed E-state index contributed by atoms with van der Waals surface area (Å²) in [6, 6.07) is 8.89. The van der Waals surface area contributed by atoms with E-state index in [1.165, 1.54) is 31.2 Å². The Morgan fingerprint density at radius 3 is 2.53 bits per heavy atom. The molecule has 0 saturated heterocycles. The van der Waals surface area contributed by atoms with E-state index >= 15 is 0 Å². The first-order valence-corrected chi connectivity index (χ1v) is 6.97. The molecular formula is C17H22. The van der Waals surface area contributed by atoms with Gasteiger partial charge in [0.25, 0.3) is 0 Å². The summed E-state index contributed by atoms with van der Waals surface area (Å²) in [5, 5.41) is 0. The van der Waals surface area contributed by atoms with Gasteiger partial charge in [-0.15, -0.1) is 0 Å². The molecule has 1 saturated carbocycles. The zero-order valence-corrected chi connectivity index (χ0v) is 10.9. The van der Waals surface area contributed by atoms with Crippen LogP contribution in [-0.2, 0) is 0 Å². The molecule has 0 heteroatoms. The van der Waals surface area contributed by atoms with Crippen molar-refractivity contribution in [3.05, 3.63) is 41.5 Å². The van der Waals surface area contributed by atoms with Crippen LogP contribution in [0.2, 0.25) is 0 Å². The molecule has 0 heterocycles. The molecule has 0 bridgehead atoms. The third-order valence-corrected chi connectivity index (χ3v) is 5.01. The summed E-state index contributed by atoms with van der Waals surface area (Å²) >= 11 is 0. The van der Waals surface area contributed by atoms with E-state index < -0.39 is 0 Å². The van der Waals surface area contributed by atoms with Crippen molar-refractivity contribution < 1.29 is 0 Å². The van der Waals surface area contributed by atoms with Crippen LogP contribution in [0.25, 0.3) is 6.08 Å². The molecule has 0 amide bonds. The molecule has 1 aromatic rings. The molecule has 0 N–H and O–H groups in total. The van der Waals surface area contributed by atoms with E-state index in [9.17, 15) is 0 Å². The number of benzene rings is 1. The van der Waals surface area contributed by atoms with Crippen LogP contribution >= 0.6 is 0 Å². The second-order valence-electron chi connectivity index (χ2n) is 6.27. The van der Waals surface area contributed by atoms with Crippen LogP contribution in [0.1, 0.15) is 56.6 Å². The fraction of sp³-hybridized carbons (Fsp3) is 0.529. The lowest BCUT2D eigenvalue weighted by atomic mass is 9.67.